The standard InChI is InChI=1S/C14H16FNO5/c1-20-13(18)8-11(14(19)21-2)16-12(17)7-9-3-5-10(15)6-4-9/h3-6,11H,7-8H2,1-2H3,(H,16,17)/t11-/m1/s1. The van der Waals surface area contributed by atoms with Gasteiger partial charge in [0.2, 0.25) is 5.91 Å². The average molecular weight is 297 g/mol. The summed E-state index contributed by atoms with van der Waals surface area (Å²) in [4.78, 5) is 34.5. The van der Waals surface area contributed by atoms with Crippen LogP contribution in [0.15, 0.2) is 24.3 Å². The summed E-state index contributed by atoms with van der Waals surface area (Å²) in [5.74, 6) is -2.28. The molecule has 0 fully saturated rings. The number of benzene rings is 1. The summed E-state index contributed by atoms with van der Waals surface area (Å²) in [6, 6.07) is 4.27. The van der Waals surface area contributed by atoms with Crippen molar-refractivity contribution in [3.8, 4) is 0 Å². The Bertz CT molecular complexity index is 515. The maximum atomic E-state index is 12.8. The van der Waals surface area contributed by atoms with Gasteiger partial charge in [-0.1, -0.05) is 12.1 Å². The molecule has 1 N–H and O–H groups in total. The Labute approximate surface area is 121 Å². The number of ether oxygens (including phenoxy) is 2. The summed E-state index contributed by atoms with van der Waals surface area (Å²) in [6.45, 7) is 0. The third-order valence-corrected chi connectivity index (χ3v) is 2.70. The molecule has 1 aromatic rings. The summed E-state index contributed by atoms with van der Waals surface area (Å²) in [6.07, 6.45) is -0.368. The number of carbonyl (C=O) groups is 3. The van der Waals surface area contributed by atoms with Crippen LogP contribution in [0.5, 0.6) is 0 Å². The van der Waals surface area contributed by atoms with Gasteiger partial charge in [-0.05, 0) is 17.7 Å². The lowest BCUT2D eigenvalue weighted by Crippen LogP contribution is -2.43. The molecule has 0 aliphatic heterocycles. The fourth-order valence-electron chi connectivity index (χ4n) is 1.62. The van der Waals surface area contributed by atoms with E-state index in [9.17, 15) is 18.8 Å². The fraction of sp³-hybridized carbons (Fsp3) is 0.357. The van der Waals surface area contributed by atoms with E-state index in [2.05, 4.69) is 14.8 Å². The SMILES string of the molecule is COC(=O)C[C@@H](NC(=O)Cc1ccc(F)cc1)C(=O)OC. The zero-order valence-corrected chi connectivity index (χ0v) is 11.7. The largest absolute Gasteiger partial charge is 0.469 e. The second-order valence-corrected chi connectivity index (χ2v) is 4.23. The summed E-state index contributed by atoms with van der Waals surface area (Å²) >= 11 is 0. The van der Waals surface area contributed by atoms with Crippen LogP contribution in [0.3, 0.4) is 0 Å². The van der Waals surface area contributed by atoms with Gasteiger partial charge < -0.3 is 14.8 Å². The molecule has 1 atom stereocenters. The summed E-state index contributed by atoms with van der Waals surface area (Å²) in [5.41, 5.74) is 0.579. The lowest BCUT2D eigenvalue weighted by Gasteiger charge is -2.15. The number of rotatable bonds is 6. The van der Waals surface area contributed by atoms with Gasteiger partial charge in [0.25, 0.3) is 0 Å². The van der Waals surface area contributed by atoms with Gasteiger partial charge in [0.1, 0.15) is 11.9 Å². The van der Waals surface area contributed by atoms with Gasteiger partial charge in [0.05, 0.1) is 27.1 Å². The number of nitrogens with one attached hydrogen (secondary N) is 1. The molecule has 0 saturated heterocycles. The van der Waals surface area contributed by atoms with Crippen molar-refractivity contribution in [2.24, 2.45) is 0 Å². The van der Waals surface area contributed by atoms with E-state index in [0.29, 0.717) is 5.56 Å². The molecule has 1 rings (SSSR count). The van der Waals surface area contributed by atoms with Crippen molar-refractivity contribution in [1.29, 1.82) is 0 Å². The highest BCUT2D eigenvalue weighted by molar-refractivity contribution is 5.88. The van der Waals surface area contributed by atoms with Gasteiger partial charge in [-0.2, -0.15) is 0 Å². The van der Waals surface area contributed by atoms with Crippen LogP contribution in [0.1, 0.15) is 12.0 Å². The van der Waals surface area contributed by atoms with Crippen molar-refractivity contribution in [2.45, 2.75) is 18.9 Å². The Morgan fingerprint density at radius 2 is 1.76 bits per heavy atom. The van der Waals surface area contributed by atoms with E-state index in [4.69, 9.17) is 0 Å². The van der Waals surface area contributed by atoms with E-state index in [0.717, 1.165) is 7.11 Å². The number of carbonyl (C=O) groups excluding carboxylic acids is 3. The first-order chi connectivity index (χ1) is 9.96. The number of hydrogen-bond acceptors (Lipinski definition) is 5. The molecule has 0 bridgehead atoms. The fourth-order valence-corrected chi connectivity index (χ4v) is 1.62. The molecule has 6 nitrogen and oxygen atoms in total. The van der Waals surface area contributed by atoms with Crippen LogP contribution in [-0.4, -0.2) is 38.1 Å². The normalized spacial score (nSPS) is 11.4. The third kappa shape index (κ3) is 5.60. The van der Waals surface area contributed by atoms with E-state index in [1.54, 1.807) is 0 Å². The Hall–Kier alpha value is -2.44. The summed E-state index contributed by atoms with van der Waals surface area (Å²) < 4.78 is 21.7. The molecular formula is C14H16FNO5. The maximum Gasteiger partial charge on any atom is 0.328 e. The maximum absolute atomic E-state index is 12.8. The lowest BCUT2D eigenvalue weighted by atomic mass is 10.1. The van der Waals surface area contributed by atoms with E-state index in [1.165, 1.54) is 31.4 Å². The molecule has 0 unspecified atom stereocenters. The monoisotopic (exact) mass is 297 g/mol. The molecule has 0 radical (unpaired) electrons. The molecule has 0 spiro atoms. The van der Waals surface area contributed by atoms with Crippen LogP contribution in [-0.2, 0) is 30.3 Å². The van der Waals surface area contributed by atoms with Gasteiger partial charge in [-0.3, -0.25) is 9.59 Å². The Kier molecular flexibility index (Phi) is 6.32. The predicted octanol–water partition coefficient (Wildman–Crippen LogP) is 0.589. The number of halogens is 1. The zero-order chi connectivity index (χ0) is 15.8. The molecule has 1 amide bonds. The predicted molar refractivity (Wildman–Crippen MR) is 70.7 cm³/mol. The molecule has 114 valence electrons. The van der Waals surface area contributed by atoms with Gasteiger partial charge in [-0.15, -0.1) is 0 Å². The van der Waals surface area contributed by atoms with Crippen LogP contribution >= 0.6 is 0 Å². The summed E-state index contributed by atoms with van der Waals surface area (Å²) in [5, 5.41) is 2.39. The molecule has 0 aromatic heterocycles. The van der Waals surface area contributed by atoms with Crippen LogP contribution in [0.25, 0.3) is 0 Å². The second kappa shape index (κ2) is 7.98. The minimum atomic E-state index is -1.12. The smallest absolute Gasteiger partial charge is 0.328 e. The number of methoxy groups -OCH3 is 2. The first kappa shape index (κ1) is 16.6. The average Bonchev–Trinajstić information content (AvgIpc) is 2.47. The minimum Gasteiger partial charge on any atom is -0.469 e. The zero-order valence-electron chi connectivity index (χ0n) is 11.7. The molecule has 21 heavy (non-hydrogen) atoms. The van der Waals surface area contributed by atoms with Crippen LogP contribution in [0.2, 0.25) is 0 Å². The van der Waals surface area contributed by atoms with Gasteiger partial charge in [0, 0.05) is 0 Å². The summed E-state index contributed by atoms with van der Waals surface area (Å²) in [7, 11) is 2.33. The van der Waals surface area contributed by atoms with Crippen molar-refractivity contribution < 1.29 is 28.2 Å². The molecule has 0 saturated carbocycles. The van der Waals surface area contributed by atoms with E-state index in [-0.39, 0.29) is 12.8 Å². The van der Waals surface area contributed by atoms with Crippen LogP contribution in [0.4, 0.5) is 4.39 Å². The van der Waals surface area contributed by atoms with Crippen molar-refractivity contribution in [1.82, 2.24) is 5.32 Å². The lowest BCUT2D eigenvalue weighted by molar-refractivity contribution is -0.150. The number of hydrogen-bond donors (Lipinski definition) is 1. The highest BCUT2D eigenvalue weighted by atomic mass is 19.1. The molecule has 0 aliphatic rings. The van der Waals surface area contributed by atoms with E-state index < -0.39 is 29.7 Å². The van der Waals surface area contributed by atoms with E-state index >= 15 is 0 Å². The third-order valence-electron chi connectivity index (χ3n) is 2.70. The number of esters is 2. The topological polar surface area (TPSA) is 81.7 Å². The van der Waals surface area contributed by atoms with Crippen LogP contribution in [0, 0.1) is 5.82 Å². The number of amides is 1. The first-order valence-corrected chi connectivity index (χ1v) is 6.14. The molecule has 0 aliphatic carbocycles. The molecule has 7 heteroatoms. The Morgan fingerprint density at radius 3 is 2.29 bits per heavy atom. The minimum absolute atomic E-state index is 0.0467. The highest BCUT2D eigenvalue weighted by Gasteiger charge is 2.25. The second-order valence-electron chi connectivity index (χ2n) is 4.23. The van der Waals surface area contributed by atoms with Crippen molar-refractivity contribution in [2.75, 3.05) is 14.2 Å². The quantitative estimate of drug-likeness (QED) is 0.777. The first-order valence-electron chi connectivity index (χ1n) is 6.14. The van der Waals surface area contributed by atoms with Gasteiger partial charge >= 0.3 is 11.9 Å². The Balaban J connectivity index is 2.64. The van der Waals surface area contributed by atoms with Crippen molar-refractivity contribution in [3.63, 3.8) is 0 Å². The van der Waals surface area contributed by atoms with Crippen molar-refractivity contribution >= 4 is 17.8 Å². The molecular weight excluding hydrogens is 281 g/mol. The van der Waals surface area contributed by atoms with Gasteiger partial charge in [-0.25, -0.2) is 9.18 Å². The highest BCUT2D eigenvalue weighted by Crippen LogP contribution is 2.04. The van der Waals surface area contributed by atoms with Gasteiger partial charge in [0.15, 0.2) is 0 Å². The molecule has 0 heterocycles. The Morgan fingerprint density at radius 1 is 1.14 bits per heavy atom. The van der Waals surface area contributed by atoms with Crippen LogP contribution < -0.4 is 5.32 Å². The van der Waals surface area contributed by atoms with Crippen molar-refractivity contribution in [3.05, 3.63) is 35.6 Å². The van der Waals surface area contributed by atoms with E-state index in [1.807, 2.05) is 0 Å². The molecule has 1 aromatic carbocycles.